The molecule has 1 saturated heterocycles. The van der Waals surface area contributed by atoms with Gasteiger partial charge in [-0.15, -0.1) is 11.3 Å². The van der Waals surface area contributed by atoms with Crippen molar-refractivity contribution in [3.8, 4) is 11.3 Å². The Kier molecular flexibility index (Phi) is 4.97. The summed E-state index contributed by atoms with van der Waals surface area (Å²) in [5, 5.41) is 1.86. The minimum atomic E-state index is -0.293. The molecular weight excluding hydrogens is 363 g/mol. The summed E-state index contributed by atoms with van der Waals surface area (Å²) < 4.78 is 15.3. The van der Waals surface area contributed by atoms with E-state index in [-0.39, 0.29) is 11.7 Å². The lowest BCUT2D eigenvalue weighted by molar-refractivity contribution is 0.0733. The Morgan fingerprint density at radius 2 is 2.30 bits per heavy atom. The summed E-state index contributed by atoms with van der Waals surface area (Å²) in [5.41, 5.74) is 2.01. The molecule has 0 bridgehead atoms. The molecule has 4 rings (SSSR count). The lowest BCUT2D eigenvalue weighted by Crippen LogP contribution is -2.36. The number of likely N-dealkylation sites (tertiary alicyclic amines) is 1. The molecule has 2 aromatic heterocycles. The molecule has 0 unspecified atom stereocenters. The van der Waals surface area contributed by atoms with Crippen LogP contribution in [0.15, 0.2) is 35.8 Å². The van der Waals surface area contributed by atoms with E-state index in [4.69, 9.17) is 0 Å². The molecular formula is C20H23FN4OS. The van der Waals surface area contributed by atoms with Gasteiger partial charge in [0.05, 0.1) is 5.69 Å². The molecule has 0 radical (unpaired) electrons. The fourth-order valence-electron chi connectivity index (χ4n) is 3.73. The highest BCUT2D eigenvalue weighted by atomic mass is 32.1. The van der Waals surface area contributed by atoms with Gasteiger partial charge in [0.15, 0.2) is 4.96 Å². The van der Waals surface area contributed by atoms with Gasteiger partial charge in [-0.25, -0.2) is 9.37 Å². The number of nitrogens with zero attached hydrogens (tertiary/aromatic N) is 4. The molecule has 1 aliphatic heterocycles. The molecule has 0 spiro atoms. The molecule has 1 aliphatic rings. The van der Waals surface area contributed by atoms with Gasteiger partial charge in [0.25, 0.3) is 5.91 Å². The van der Waals surface area contributed by atoms with Gasteiger partial charge in [-0.1, -0.05) is 12.1 Å². The number of rotatable bonds is 5. The first kappa shape index (κ1) is 18.1. The molecule has 1 amide bonds. The first-order chi connectivity index (χ1) is 13.0. The van der Waals surface area contributed by atoms with Crippen molar-refractivity contribution in [2.24, 2.45) is 5.92 Å². The molecule has 5 nitrogen and oxygen atoms in total. The normalized spacial score (nSPS) is 17.7. The molecule has 142 valence electrons. The monoisotopic (exact) mass is 386 g/mol. The van der Waals surface area contributed by atoms with Gasteiger partial charge in [0.2, 0.25) is 0 Å². The first-order valence-corrected chi connectivity index (χ1v) is 10.1. The van der Waals surface area contributed by atoms with Crippen LogP contribution in [0.25, 0.3) is 16.2 Å². The zero-order chi connectivity index (χ0) is 19.0. The number of halogens is 1. The van der Waals surface area contributed by atoms with Crippen LogP contribution >= 0.6 is 11.3 Å². The zero-order valence-electron chi connectivity index (χ0n) is 15.6. The van der Waals surface area contributed by atoms with Gasteiger partial charge in [0.1, 0.15) is 11.5 Å². The number of imidazole rings is 1. The quantitative estimate of drug-likeness (QED) is 0.673. The van der Waals surface area contributed by atoms with Crippen LogP contribution in [0.1, 0.15) is 23.8 Å². The van der Waals surface area contributed by atoms with Crippen LogP contribution in [0.4, 0.5) is 4.39 Å². The lowest BCUT2D eigenvalue weighted by Gasteiger charge is -2.24. The molecule has 1 aromatic carbocycles. The predicted octanol–water partition coefficient (Wildman–Crippen LogP) is 3.62. The van der Waals surface area contributed by atoms with Crippen molar-refractivity contribution in [2.45, 2.75) is 13.3 Å². The Balaban J connectivity index is 1.59. The fourth-order valence-corrected chi connectivity index (χ4v) is 4.58. The number of carbonyl (C=O) groups is 1. The van der Waals surface area contributed by atoms with Crippen LogP contribution in [0.5, 0.6) is 0 Å². The smallest absolute Gasteiger partial charge is 0.271 e. The second kappa shape index (κ2) is 7.40. The Bertz CT molecular complexity index is 966. The summed E-state index contributed by atoms with van der Waals surface area (Å²) in [7, 11) is 2.12. The van der Waals surface area contributed by atoms with E-state index in [0.29, 0.717) is 29.4 Å². The Labute approximate surface area is 162 Å². The highest BCUT2D eigenvalue weighted by molar-refractivity contribution is 7.15. The van der Waals surface area contributed by atoms with Gasteiger partial charge in [0, 0.05) is 36.8 Å². The summed E-state index contributed by atoms with van der Waals surface area (Å²) in [6.07, 6.45) is 2.96. The number of benzene rings is 1. The number of carbonyl (C=O) groups excluding carboxylic acids is 1. The van der Waals surface area contributed by atoms with Crippen LogP contribution in [-0.2, 0) is 0 Å². The molecule has 0 aliphatic carbocycles. The van der Waals surface area contributed by atoms with Gasteiger partial charge in [-0.3, -0.25) is 9.20 Å². The summed E-state index contributed by atoms with van der Waals surface area (Å²) in [4.78, 5) is 22.7. The van der Waals surface area contributed by atoms with E-state index in [2.05, 4.69) is 16.9 Å². The average Bonchev–Trinajstić information content (AvgIpc) is 3.34. The Morgan fingerprint density at radius 1 is 1.44 bits per heavy atom. The van der Waals surface area contributed by atoms with E-state index in [1.54, 1.807) is 6.07 Å². The fraction of sp³-hybridized carbons (Fsp3) is 0.400. The minimum Gasteiger partial charge on any atom is -0.337 e. The third kappa shape index (κ3) is 3.61. The van der Waals surface area contributed by atoms with Gasteiger partial charge in [-0.05, 0) is 45.0 Å². The number of fused-ring (bicyclic) bond motifs is 1. The van der Waals surface area contributed by atoms with Crippen LogP contribution in [-0.4, -0.2) is 58.3 Å². The third-order valence-corrected chi connectivity index (χ3v) is 6.02. The standard InChI is InChI=1S/C20H23FN4OS/c1-3-24(11-14-7-8-23(2)10-14)19(26)18-13-27-20-22-17(12-25(18)20)15-5-4-6-16(21)9-15/h4-6,9,12-14H,3,7-8,10-11H2,1-2H3/t14-/m1/s1. The van der Waals surface area contributed by atoms with Gasteiger partial charge < -0.3 is 9.80 Å². The van der Waals surface area contributed by atoms with Gasteiger partial charge >= 0.3 is 0 Å². The van der Waals surface area contributed by atoms with Crippen molar-refractivity contribution in [2.75, 3.05) is 33.2 Å². The Morgan fingerprint density at radius 3 is 3.00 bits per heavy atom. The van der Waals surface area contributed by atoms with E-state index >= 15 is 0 Å². The van der Waals surface area contributed by atoms with Crippen LogP contribution in [0.3, 0.4) is 0 Å². The second-order valence-electron chi connectivity index (χ2n) is 7.17. The van der Waals surface area contributed by atoms with Crippen molar-refractivity contribution < 1.29 is 9.18 Å². The number of hydrogen-bond acceptors (Lipinski definition) is 4. The average molecular weight is 386 g/mol. The lowest BCUT2D eigenvalue weighted by atomic mass is 10.1. The molecule has 3 aromatic rings. The molecule has 1 atom stereocenters. The van der Waals surface area contributed by atoms with Crippen molar-refractivity contribution in [1.29, 1.82) is 0 Å². The Hall–Kier alpha value is -2.25. The minimum absolute atomic E-state index is 0.0292. The summed E-state index contributed by atoms with van der Waals surface area (Å²) in [5.74, 6) is 0.263. The molecule has 3 heterocycles. The van der Waals surface area contributed by atoms with Crippen LogP contribution in [0.2, 0.25) is 0 Å². The number of thiazole rings is 1. The van der Waals surface area contributed by atoms with Crippen LogP contribution in [0, 0.1) is 11.7 Å². The van der Waals surface area contributed by atoms with Crippen LogP contribution < -0.4 is 0 Å². The zero-order valence-corrected chi connectivity index (χ0v) is 16.4. The topological polar surface area (TPSA) is 40.8 Å². The predicted molar refractivity (Wildman–Crippen MR) is 106 cm³/mol. The van der Waals surface area contributed by atoms with Crippen molar-refractivity contribution in [3.63, 3.8) is 0 Å². The van der Waals surface area contributed by atoms with Crippen molar-refractivity contribution >= 4 is 22.2 Å². The molecule has 0 N–H and O–H groups in total. The molecule has 1 fully saturated rings. The van der Waals surface area contributed by atoms with Crippen molar-refractivity contribution in [1.82, 2.24) is 19.2 Å². The largest absolute Gasteiger partial charge is 0.337 e. The van der Waals surface area contributed by atoms with E-state index in [1.165, 1.54) is 23.5 Å². The van der Waals surface area contributed by atoms with Crippen molar-refractivity contribution in [3.05, 3.63) is 47.4 Å². The van der Waals surface area contributed by atoms with Gasteiger partial charge in [-0.2, -0.15) is 0 Å². The first-order valence-electron chi connectivity index (χ1n) is 9.25. The highest BCUT2D eigenvalue weighted by Gasteiger charge is 2.26. The van der Waals surface area contributed by atoms with E-state index in [1.807, 2.05) is 33.9 Å². The summed E-state index contributed by atoms with van der Waals surface area (Å²) in [6, 6.07) is 6.37. The van der Waals surface area contributed by atoms with E-state index < -0.39 is 0 Å². The third-order valence-electron chi connectivity index (χ3n) is 5.19. The van der Waals surface area contributed by atoms with E-state index in [0.717, 1.165) is 31.0 Å². The second-order valence-corrected chi connectivity index (χ2v) is 8.01. The number of amides is 1. The molecule has 0 saturated carbocycles. The maximum atomic E-state index is 13.5. The summed E-state index contributed by atoms with van der Waals surface area (Å²) in [6.45, 7) is 5.62. The SMILES string of the molecule is CCN(C[C@@H]1CCN(C)C1)C(=O)c1csc2nc(-c3cccc(F)c3)cn12. The van der Waals surface area contributed by atoms with E-state index in [9.17, 15) is 9.18 Å². The maximum absolute atomic E-state index is 13.5. The maximum Gasteiger partial charge on any atom is 0.271 e. The number of aromatic nitrogens is 2. The molecule has 27 heavy (non-hydrogen) atoms. The highest BCUT2D eigenvalue weighted by Crippen LogP contribution is 2.25. The number of hydrogen-bond donors (Lipinski definition) is 0. The molecule has 7 heteroatoms. The summed E-state index contributed by atoms with van der Waals surface area (Å²) >= 11 is 1.44.